The Kier molecular flexibility index (Phi) is 11.8. The molecule has 0 spiro atoms. The van der Waals surface area contributed by atoms with Crippen LogP contribution >= 0.6 is 11.3 Å². The minimum absolute atomic E-state index is 0.0648. The molecule has 1 aliphatic carbocycles. The number of aromatic nitrogens is 2. The van der Waals surface area contributed by atoms with Gasteiger partial charge in [-0.2, -0.15) is 4.72 Å². The molecule has 4 heterocycles. The van der Waals surface area contributed by atoms with E-state index in [-0.39, 0.29) is 34.7 Å². The van der Waals surface area contributed by atoms with Crippen molar-refractivity contribution < 1.29 is 54.9 Å². The number of nitrogens with zero attached hydrogens (tertiary/aromatic N) is 4. The van der Waals surface area contributed by atoms with E-state index in [0.29, 0.717) is 28.7 Å². The van der Waals surface area contributed by atoms with E-state index in [1.807, 2.05) is 4.90 Å². The highest BCUT2D eigenvalue weighted by atomic mass is 32.2. The fraction of sp³-hybridized carbons (Fsp3) is 0.545. The molecule has 1 aromatic carbocycles. The SMILES string of the molecule is CNc1nccc2cc(CC(C(=O)OCOC(=O)OC3CCCCC3)N3CCC(NS(=O)(=O)c4cnc(N5CCCC5)s4)C3=O)c(OC(F)(F)F)cc12. The molecule has 1 amide bonds. The number of halogens is 3. The molecule has 1 saturated carbocycles. The lowest BCUT2D eigenvalue weighted by Gasteiger charge is -2.27. The summed E-state index contributed by atoms with van der Waals surface area (Å²) in [7, 11) is -2.67. The van der Waals surface area contributed by atoms with E-state index < -0.39 is 65.5 Å². The maximum atomic E-state index is 13.8. The van der Waals surface area contributed by atoms with Gasteiger partial charge in [0, 0.05) is 44.7 Å². The van der Waals surface area contributed by atoms with Gasteiger partial charge in [0.05, 0.1) is 6.20 Å². The zero-order valence-corrected chi connectivity index (χ0v) is 30.4. The Balaban J connectivity index is 1.23. The maximum Gasteiger partial charge on any atom is 0.573 e. The number of benzene rings is 1. The van der Waals surface area contributed by atoms with E-state index in [4.69, 9.17) is 14.2 Å². The van der Waals surface area contributed by atoms with Crippen LogP contribution in [0.25, 0.3) is 10.8 Å². The highest BCUT2D eigenvalue weighted by Gasteiger charge is 2.43. The van der Waals surface area contributed by atoms with E-state index in [9.17, 15) is 36.0 Å². The van der Waals surface area contributed by atoms with Gasteiger partial charge in [-0.15, -0.1) is 13.2 Å². The number of esters is 1. The van der Waals surface area contributed by atoms with Crippen molar-refractivity contribution in [1.29, 1.82) is 0 Å². The van der Waals surface area contributed by atoms with E-state index in [1.54, 1.807) is 13.1 Å². The number of carbonyl (C=O) groups is 3. The van der Waals surface area contributed by atoms with Crippen molar-refractivity contribution in [1.82, 2.24) is 19.6 Å². The summed E-state index contributed by atoms with van der Waals surface area (Å²) < 4.78 is 89.8. The number of sulfonamides is 1. The summed E-state index contributed by atoms with van der Waals surface area (Å²) in [5, 5.41) is 4.10. The van der Waals surface area contributed by atoms with Crippen molar-refractivity contribution in [3.05, 3.63) is 36.2 Å². The lowest BCUT2D eigenvalue weighted by molar-refractivity contribution is -0.274. The summed E-state index contributed by atoms with van der Waals surface area (Å²) in [5.41, 5.74) is -0.112. The van der Waals surface area contributed by atoms with Crippen LogP contribution in [-0.4, -0.2) is 99.3 Å². The van der Waals surface area contributed by atoms with Gasteiger partial charge in [0.1, 0.15) is 29.8 Å². The van der Waals surface area contributed by atoms with Crippen LogP contribution in [0.1, 0.15) is 56.9 Å². The Labute approximate surface area is 307 Å². The monoisotopic (exact) mass is 784 g/mol. The fourth-order valence-corrected chi connectivity index (χ4v) is 9.15. The molecule has 2 saturated heterocycles. The Morgan fingerprint density at radius 2 is 1.79 bits per heavy atom. The molecule has 2 aliphatic heterocycles. The average molecular weight is 785 g/mol. The predicted molar refractivity (Wildman–Crippen MR) is 185 cm³/mol. The van der Waals surface area contributed by atoms with Crippen LogP contribution in [-0.2, 0) is 40.2 Å². The molecule has 0 radical (unpaired) electrons. The van der Waals surface area contributed by atoms with Crippen LogP contribution in [0.4, 0.5) is 28.9 Å². The Morgan fingerprint density at radius 1 is 1.04 bits per heavy atom. The molecule has 6 rings (SSSR count). The van der Waals surface area contributed by atoms with E-state index >= 15 is 0 Å². The number of hydrogen-bond donors (Lipinski definition) is 2. The molecule has 0 bridgehead atoms. The van der Waals surface area contributed by atoms with Crippen molar-refractivity contribution in [2.24, 2.45) is 0 Å². The first-order valence-corrected chi connectivity index (χ1v) is 19.5. The first-order valence-electron chi connectivity index (χ1n) is 17.2. The number of hydrogen-bond acceptors (Lipinski definition) is 14. The number of likely N-dealkylation sites (tertiary alicyclic amines) is 1. The van der Waals surface area contributed by atoms with Crippen molar-refractivity contribution in [2.45, 2.75) is 86.5 Å². The van der Waals surface area contributed by atoms with Gasteiger partial charge >= 0.3 is 18.5 Å². The molecular formula is C33H39F3N6O9S2. The highest BCUT2D eigenvalue weighted by Crippen LogP contribution is 2.35. The molecule has 2 N–H and O–H groups in total. The summed E-state index contributed by atoms with van der Waals surface area (Å²) in [6.07, 6.45) is 1.60. The Morgan fingerprint density at radius 3 is 2.51 bits per heavy atom. The molecule has 3 fully saturated rings. The lowest BCUT2D eigenvalue weighted by atomic mass is 9.98. The number of amides is 1. The molecule has 3 aliphatic rings. The second-order valence-corrected chi connectivity index (χ2v) is 15.8. The number of alkyl halides is 3. The second-order valence-electron chi connectivity index (χ2n) is 12.9. The second kappa shape index (κ2) is 16.3. The fourth-order valence-electron chi connectivity index (χ4n) is 6.74. The first kappa shape index (κ1) is 38.3. The van der Waals surface area contributed by atoms with Crippen molar-refractivity contribution >= 4 is 61.1 Å². The third kappa shape index (κ3) is 9.39. The molecular weight excluding hydrogens is 746 g/mol. The number of ether oxygens (including phenoxy) is 4. The van der Waals surface area contributed by atoms with Crippen LogP contribution < -0.4 is 19.7 Å². The molecule has 2 aromatic heterocycles. The third-order valence-electron chi connectivity index (χ3n) is 9.31. The Bertz CT molecular complexity index is 1920. The number of rotatable bonds is 13. The summed E-state index contributed by atoms with van der Waals surface area (Å²) in [4.78, 5) is 51.1. The van der Waals surface area contributed by atoms with Gasteiger partial charge in [-0.3, -0.25) is 4.79 Å². The molecule has 15 nitrogen and oxygen atoms in total. The van der Waals surface area contributed by atoms with Crippen LogP contribution in [0.2, 0.25) is 0 Å². The van der Waals surface area contributed by atoms with Crippen LogP contribution in [0, 0.1) is 0 Å². The van der Waals surface area contributed by atoms with Gasteiger partial charge in [-0.25, -0.2) is 28.0 Å². The molecule has 288 valence electrons. The van der Waals surface area contributed by atoms with Crippen molar-refractivity contribution in [3.8, 4) is 5.75 Å². The first-order chi connectivity index (χ1) is 25.3. The topological polar surface area (TPSA) is 179 Å². The predicted octanol–water partition coefficient (Wildman–Crippen LogP) is 4.71. The van der Waals surface area contributed by atoms with Gasteiger partial charge in [0.15, 0.2) is 9.34 Å². The van der Waals surface area contributed by atoms with Crippen molar-refractivity contribution in [3.63, 3.8) is 0 Å². The number of nitrogens with one attached hydrogen (secondary N) is 2. The van der Waals surface area contributed by atoms with Crippen LogP contribution in [0.15, 0.2) is 34.8 Å². The van der Waals surface area contributed by atoms with Gasteiger partial charge < -0.3 is 34.1 Å². The minimum atomic E-state index is -5.12. The normalized spacial score (nSPS) is 19.0. The molecule has 20 heteroatoms. The summed E-state index contributed by atoms with van der Waals surface area (Å²) in [5.74, 6) is -2.30. The zero-order chi connectivity index (χ0) is 37.8. The molecule has 3 aromatic rings. The van der Waals surface area contributed by atoms with Gasteiger partial charge in [0.25, 0.3) is 10.0 Å². The van der Waals surface area contributed by atoms with Gasteiger partial charge in [0.2, 0.25) is 12.7 Å². The van der Waals surface area contributed by atoms with Gasteiger partial charge in [-0.05, 0) is 74.1 Å². The number of pyridine rings is 1. The third-order valence-corrected chi connectivity index (χ3v) is 12.3. The van der Waals surface area contributed by atoms with Crippen molar-refractivity contribution in [2.75, 3.05) is 43.7 Å². The zero-order valence-electron chi connectivity index (χ0n) is 28.7. The number of thiazole rings is 1. The smallest absolute Gasteiger partial charge is 0.431 e. The quantitative estimate of drug-likeness (QED) is 0.180. The van der Waals surface area contributed by atoms with E-state index in [2.05, 4.69) is 24.7 Å². The summed E-state index contributed by atoms with van der Waals surface area (Å²) in [6.45, 7) is 0.446. The van der Waals surface area contributed by atoms with E-state index in [1.165, 1.54) is 18.5 Å². The number of carbonyl (C=O) groups excluding carboxylic acids is 3. The van der Waals surface area contributed by atoms with Crippen LogP contribution in [0.5, 0.6) is 5.75 Å². The highest BCUT2D eigenvalue weighted by molar-refractivity contribution is 7.91. The molecule has 2 unspecified atom stereocenters. The average Bonchev–Trinajstić information content (AvgIpc) is 3.90. The maximum absolute atomic E-state index is 13.8. The number of anilines is 2. The Hall–Kier alpha value is -4.43. The molecule has 2 atom stereocenters. The molecule has 53 heavy (non-hydrogen) atoms. The minimum Gasteiger partial charge on any atom is -0.431 e. The van der Waals surface area contributed by atoms with Crippen LogP contribution in [0.3, 0.4) is 0 Å². The summed E-state index contributed by atoms with van der Waals surface area (Å²) >= 11 is 0.966. The van der Waals surface area contributed by atoms with E-state index in [0.717, 1.165) is 67.5 Å². The standard InChI is InChI=1S/C33H39F3N6O9S2/c1-37-28-23-17-26(51-33(34,35)36)21(15-20(23)9-11-38-28)16-25(30(44)48-19-49-32(45)50-22-7-3-2-4-8-22)42-14-10-24(29(42)43)40-53(46,47)27-18-39-31(52-27)41-12-5-6-13-41/h9,11,15,17-18,22,24-25,40H,2-8,10,12-14,16,19H2,1H3,(H,37,38). The lowest BCUT2D eigenvalue weighted by Crippen LogP contribution is -2.48. The number of fused-ring (bicyclic) bond motifs is 1. The summed E-state index contributed by atoms with van der Waals surface area (Å²) in [6, 6.07) is 1.16. The largest absolute Gasteiger partial charge is 0.573 e. The van der Waals surface area contributed by atoms with Gasteiger partial charge in [-0.1, -0.05) is 17.8 Å².